The number of hydrogen-bond donors (Lipinski definition) is 1. The molecule has 2 amide bonds. The van der Waals surface area contributed by atoms with Gasteiger partial charge >= 0.3 is 0 Å². The number of para-hydroxylation sites is 1. The molecule has 0 aliphatic carbocycles. The monoisotopic (exact) mass is 370 g/mol. The standard InChI is InChI=1S/C22H27FN2O2/c1-4-19-7-5-6-16(2)22(19)25(17(3)26)15-13-21(27)24-14-12-18-8-10-20(23)11-9-18/h5-11H,4,12-15H2,1-3H3,(H,24,27). The van der Waals surface area contributed by atoms with Crippen LogP contribution in [0.15, 0.2) is 42.5 Å². The zero-order valence-corrected chi connectivity index (χ0v) is 16.2. The number of nitrogens with one attached hydrogen (secondary N) is 1. The minimum absolute atomic E-state index is 0.0712. The number of rotatable bonds is 8. The van der Waals surface area contributed by atoms with Crippen LogP contribution in [0, 0.1) is 12.7 Å². The van der Waals surface area contributed by atoms with Crippen molar-refractivity contribution in [2.24, 2.45) is 0 Å². The van der Waals surface area contributed by atoms with Gasteiger partial charge in [-0.15, -0.1) is 0 Å². The largest absolute Gasteiger partial charge is 0.356 e. The van der Waals surface area contributed by atoms with E-state index in [1.54, 1.807) is 17.0 Å². The summed E-state index contributed by atoms with van der Waals surface area (Å²) in [6.07, 6.45) is 1.70. The lowest BCUT2D eigenvalue weighted by atomic mass is 10.0. The van der Waals surface area contributed by atoms with Crippen molar-refractivity contribution in [3.05, 3.63) is 65.0 Å². The first kappa shape index (κ1) is 20.6. The summed E-state index contributed by atoms with van der Waals surface area (Å²) in [4.78, 5) is 26.0. The fraction of sp³-hybridized carbons (Fsp3) is 0.364. The molecule has 144 valence electrons. The normalized spacial score (nSPS) is 10.5. The molecule has 0 radical (unpaired) electrons. The summed E-state index contributed by atoms with van der Waals surface area (Å²) in [6, 6.07) is 12.2. The van der Waals surface area contributed by atoms with Crippen LogP contribution in [0.3, 0.4) is 0 Å². The first-order valence-corrected chi connectivity index (χ1v) is 9.30. The molecule has 1 N–H and O–H groups in total. The summed E-state index contributed by atoms with van der Waals surface area (Å²) in [5, 5.41) is 2.86. The molecule has 0 fully saturated rings. The van der Waals surface area contributed by atoms with E-state index in [0.29, 0.717) is 19.5 Å². The van der Waals surface area contributed by atoms with E-state index in [9.17, 15) is 14.0 Å². The van der Waals surface area contributed by atoms with Gasteiger partial charge < -0.3 is 10.2 Å². The van der Waals surface area contributed by atoms with Crippen LogP contribution in [0.25, 0.3) is 0 Å². The lowest BCUT2D eigenvalue weighted by molar-refractivity contribution is -0.121. The van der Waals surface area contributed by atoms with Crippen LogP contribution in [0.4, 0.5) is 10.1 Å². The molecule has 2 aromatic carbocycles. The summed E-state index contributed by atoms with van der Waals surface area (Å²) in [6.45, 7) is 6.38. The Bertz CT molecular complexity index is 787. The van der Waals surface area contributed by atoms with Crippen LogP contribution in [-0.2, 0) is 22.4 Å². The molecular formula is C22H27FN2O2. The summed E-state index contributed by atoms with van der Waals surface area (Å²) in [7, 11) is 0. The van der Waals surface area contributed by atoms with Crippen molar-refractivity contribution in [1.29, 1.82) is 0 Å². The molecule has 0 spiro atoms. The molecule has 5 heteroatoms. The van der Waals surface area contributed by atoms with Gasteiger partial charge in [-0.2, -0.15) is 0 Å². The van der Waals surface area contributed by atoms with E-state index in [4.69, 9.17) is 0 Å². The fourth-order valence-electron chi connectivity index (χ4n) is 3.12. The van der Waals surface area contributed by atoms with Crippen molar-refractivity contribution in [1.82, 2.24) is 5.32 Å². The lowest BCUT2D eigenvalue weighted by Gasteiger charge is -2.25. The maximum Gasteiger partial charge on any atom is 0.223 e. The SMILES string of the molecule is CCc1cccc(C)c1N(CCC(=O)NCCc1ccc(F)cc1)C(C)=O. The lowest BCUT2D eigenvalue weighted by Crippen LogP contribution is -2.35. The van der Waals surface area contributed by atoms with Crippen molar-refractivity contribution in [2.45, 2.75) is 40.0 Å². The molecule has 0 bridgehead atoms. The molecule has 0 aromatic heterocycles. The Balaban J connectivity index is 1.91. The van der Waals surface area contributed by atoms with Crippen LogP contribution in [-0.4, -0.2) is 24.9 Å². The molecule has 0 unspecified atom stereocenters. The average molecular weight is 370 g/mol. The Morgan fingerprint density at radius 3 is 2.44 bits per heavy atom. The van der Waals surface area contributed by atoms with Gasteiger partial charge in [0.15, 0.2) is 0 Å². The van der Waals surface area contributed by atoms with Gasteiger partial charge in [-0.25, -0.2) is 4.39 Å². The Morgan fingerprint density at radius 1 is 1.11 bits per heavy atom. The van der Waals surface area contributed by atoms with E-state index >= 15 is 0 Å². The quantitative estimate of drug-likeness (QED) is 0.768. The number of carbonyl (C=O) groups excluding carboxylic acids is 2. The topological polar surface area (TPSA) is 49.4 Å². The minimum Gasteiger partial charge on any atom is -0.356 e. The van der Waals surface area contributed by atoms with Crippen LogP contribution in [0.2, 0.25) is 0 Å². The van der Waals surface area contributed by atoms with Crippen molar-refractivity contribution >= 4 is 17.5 Å². The molecule has 27 heavy (non-hydrogen) atoms. The van der Waals surface area contributed by atoms with Gasteiger partial charge in [0, 0.05) is 32.1 Å². The fourth-order valence-corrected chi connectivity index (χ4v) is 3.12. The summed E-state index contributed by atoms with van der Waals surface area (Å²) >= 11 is 0. The Kier molecular flexibility index (Phi) is 7.53. The smallest absolute Gasteiger partial charge is 0.223 e. The van der Waals surface area contributed by atoms with Gasteiger partial charge in [0.1, 0.15) is 5.82 Å². The van der Waals surface area contributed by atoms with Crippen LogP contribution >= 0.6 is 0 Å². The van der Waals surface area contributed by atoms with Gasteiger partial charge in [0.05, 0.1) is 0 Å². The number of carbonyl (C=O) groups is 2. The second-order valence-corrected chi connectivity index (χ2v) is 6.58. The van der Waals surface area contributed by atoms with Gasteiger partial charge in [-0.3, -0.25) is 9.59 Å². The second-order valence-electron chi connectivity index (χ2n) is 6.58. The van der Waals surface area contributed by atoms with Crippen molar-refractivity contribution in [3.8, 4) is 0 Å². The zero-order chi connectivity index (χ0) is 19.8. The number of benzene rings is 2. The number of anilines is 1. The molecule has 0 heterocycles. The Morgan fingerprint density at radius 2 is 1.81 bits per heavy atom. The van der Waals surface area contributed by atoms with Gasteiger partial charge in [-0.1, -0.05) is 37.3 Å². The number of hydrogen-bond acceptors (Lipinski definition) is 2. The maximum absolute atomic E-state index is 12.9. The van der Waals surface area contributed by atoms with Gasteiger partial charge in [-0.05, 0) is 48.6 Å². The number of aryl methyl sites for hydroxylation is 2. The minimum atomic E-state index is -0.269. The molecule has 2 aromatic rings. The van der Waals surface area contributed by atoms with Gasteiger partial charge in [0.2, 0.25) is 11.8 Å². The van der Waals surface area contributed by atoms with Crippen LogP contribution in [0.5, 0.6) is 0 Å². The molecular weight excluding hydrogens is 343 g/mol. The first-order valence-electron chi connectivity index (χ1n) is 9.30. The van der Waals surface area contributed by atoms with Crippen molar-refractivity contribution in [2.75, 3.05) is 18.0 Å². The number of halogens is 1. The van der Waals surface area contributed by atoms with E-state index in [0.717, 1.165) is 28.8 Å². The molecule has 2 rings (SSSR count). The Labute approximate surface area is 160 Å². The van der Waals surface area contributed by atoms with Crippen molar-refractivity contribution < 1.29 is 14.0 Å². The third-order valence-corrected chi connectivity index (χ3v) is 4.56. The molecule has 0 atom stereocenters. The number of nitrogens with zero attached hydrogens (tertiary/aromatic N) is 1. The van der Waals surface area contributed by atoms with E-state index in [1.807, 2.05) is 25.1 Å². The predicted octanol–water partition coefficient (Wildman–Crippen LogP) is 3.80. The average Bonchev–Trinajstić information content (AvgIpc) is 2.64. The highest BCUT2D eigenvalue weighted by molar-refractivity contribution is 5.94. The van der Waals surface area contributed by atoms with E-state index < -0.39 is 0 Å². The highest BCUT2D eigenvalue weighted by Crippen LogP contribution is 2.26. The summed E-state index contributed by atoms with van der Waals surface area (Å²) in [5.74, 6) is -0.442. The van der Waals surface area contributed by atoms with E-state index in [1.165, 1.54) is 19.1 Å². The summed E-state index contributed by atoms with van der Waals surface area (Å²) in [5.41, 5.74) is 4.00. The maximum atomic E-state index is 12.9. The molecule has 0 saturated heterocycles. The molecule has 0 aliphatic heterocycles. The Hall–Kier alpha value is -2.69. The van der Waals surface area contributed by atoms with Gasteiger partial charge in [0.25, 0.3) is 0 Å². The molecule has 0 aliphatic rings. The second kappa shape index (κ2) is 9.86. The summed E-state index contributed by atoms with van der Waals surface area (Å²) < 4.78 is 12.9. The third kappa shape index (κ3) is 5.91. The number of amides is 2. The van der Waals surface area contributed by atoms with Crippen LogP contribution in [0.1, 0.15) is 37.0 Å². The highest BCUT2D eigenvalue weighted by atomic mass is 19.1. The van der Waals surface area contributed by atoms with Crippen LogP contribution < -0.4 is 10.2 Å². The highest BCUT2D eigenvalue weighted by Gasteiger charge is 2.18. The van der Waals surface area contributed by atoms with E-state index in [2.05, 4.69) is 12.2 Å². The predicted molar refractivity (Wildman–Crippen MR) is 106 cm³/mol. The molecule has 0 saturated carbocycles. The zero-order valence-electron chi connectivity index (χ0n) is 16.2. The first-order chi connectivity index (χ1) is 12.9. The molecule has 4 nitrogen and oxygen atoms in total. The van der Waals surface area contributed by atoms with Crippen molar-refractivity contribution in [3.63, 3.8) is 0 Å². The third-order valence-electron chi connectivity index (χ3n) is 4.56. The van der Waals surface area contributed by atoms with E-state index in [-0.39, 0.29) is 24.1 Å².